The molecule has 34 heavy (non-hydrogen) atoms. The quantitative estimate of drug-likeness (QED) is 0.478. The van der Waals surface area contributed by atoms with Crippen molar-refractivity contribution in [3.63, 3.8) is 0 Å². The summed E-state index contributed by atoms with van der Waals surface area (Å²) in [7, 11) is 2.56. The minimum atomic E-state index is -0.398. The summed E-state index contributed by atoms with van der Waals surface area (Å²) in [5.74, 6) is -0.529. The van der Waals surface area contributed by atoms with E-state index in [1.165, 1.54) is 10.7 Å². The number of carbonyl (C=O) groups is 1. The van der Waals surface area contributed by atoms with Crippen LogP contribution in [-0.2, 0) is 5.41 Å². The zero-order chi connectivity index (χ0) is 24.5. The van der Waals surface area contributed by atoms with Gasteiger partial charge in [-0.05, 0) is 59.5 Å². The van der Waals surface area contributed by atoms with Gasteiger partial charge in [0.05, 0.1) is 17.3 Å². The summed E-state index contributed by atoms with van der Waals surface area (Å²) in [6, 6.07) is 14.4. The van der Waals surface area contributed by atoms with Crippen LogP contribution in [0.25, 0.3) is 16.9 Å². The van der Waals surface area contributed by atoms with E-state index in [-0.39, 0.29) is 17.0 Å². The molecule has 176 valence electrons. The van der Waals surface area contributed by atoms with Gasteiger partial charge in [-0.1, -0.05) is 45.7 Å². The van der Waals surface area contributed by atoms with Crippen LogP contribution in [0.4, 0.5) is 4.39 Å². The van der Waals surface area contributed by atoms with E-state index >= 15 is 4.39 Å². The van der Waals surface area contributed by atoms with Crippen LogP contribution in [0.3, 0.4) is 0 Å². The van der Waals surface area contributed by atoms with E-state index in [0.717, 1.165) is 42.1 Å². The van der Waals surface area contributed by atoms with E-state index in [1.54, 1.807) is 24.3 Å². The second-order valence-electron chi connectivity index (χ2n) is 9.86. The maximum absolute atomic E-state index is 15.4. The van der Waals surface area contributed by atoms with Crippen molar-refractivity contribution in [2.24, 2.45) is 0 Å². The minimum Gasteiger partial charge on any atom is -0.337 e. The summed E-state index contributed by atoms with van der Waals surface area (Å²) in [6.45, 7) is 7.53. The highest BCUT2D eigenvalue weighted by molar-refractivity contribution is 7.27. The van der Waals surface area contributed by atoms with Crippen molar-refractivity contribution in [2.75, 3.05) is 13.1 Å². The van der Waals surface area contributed by atoms with Gasteiger partial charge in [-0.2, -0.15) is 10.4 Å². The van der Waals surface area contributed by atoms with Gasteiger partial charge in [-0.15, -0.1) is 9.24 Å². The van der Waals surface area contributed by atoms with Gasteiger partial charge in [-0.25, -0.2) is 9.07 Å². The van der Waals surface area contributed by atoms with E-state index in [0.29, 0.717) is 30.0 Å². The van der Waals surface area contributed by atoms with E-state index in [1.807, 2.05) is 37.8 Å². The number of nitriles is 1. The second kappa shape index (κ2) is 9.68. The molecule has 1 unspecified atom stereocenters. The first kappa shape index (κ1) is 24.1. The third kappa shape index (κ3) is 4.91. The SMILES string of the molecule is CC(C)(C)c1ccc(-n2nc(C(=O)N3CCCCCC3)cc2-c2ccc(C#N)c(P)c2)c(F)c1. The summed E-state index contributed by atoms with van der Waals surface area (Å²) >= 11 is 0. The molecular weight excluding hydrogens is 446 g/mol. The standard InChI is InChI=1S/C27H30FN4OP/c1-27(2,3)20-10-11-23(21(28)15-20)32-24(18-8-9-19(17-29)25(34)14-18)16-22(30-32)26(33)31-12-6-4-5-7-13-31/h8-11,14-16H,4-7,12-13,34H2,1-3H3. The monoisotopic (exact) mass is 476 g/mol. The first-order valence-electron chi connectivity index (χ1n) is 11.7. The molecule has 2 aromatic carbocycles. The Morgan fingerprint density at radius 3 is 2.35 bits per heavy atom. The van der Waals surface area contributed by atoms with Crippen molar-refractivity contribution in [3.8, 4) is 23.0 Å². The molecule has 5 nitrogen and oxygen atoms in total. The highest BCUT2D eigenvalue weighted by atomic mass is 31.0. The predicted molar refractivity (Wildman–Crippen MR) is 136 cm³/mol. The highest BCUT2D eigenvalue weighted by Gasteiger charge is 2.24. The Kier molecular flexibility index (Phi) is 6.86. The number of nitrogens with zero attached hydrogens (tertiary/aromatic N) is 4. The van der Waals surface area contributed by atoms with Crippen LogP contribution in [0.2, 0.25) is 0 Å². The summed E-state index contributed by atoms with van der Waals surface area (Å²) in [5, 5.41) is 14.6. The second-order valence-corrected chi connectivity index (χ2v) is 10.5. The molecule has 0 aliphatic carbocycles. The van der Waals surface area contributed by atoms with Crippen molar-refractivity contribution in [1.29, 1.82) is 5.26 Å². The minimum absolute atomic E-state index is 0.131. The van der Waals surface area contributed by atoms with Gasteiger partial charge in [0.25, 0.3) is 5.91 Å². The van der Waals surface area contributed by atoms with Crippen LogP contribution in [-0.4, -0.2) is 33.7 Å². The van der Waals surface area contributed by atoms with Crippen LogP contribution >= 0.6 is 9.24 Å². The lowest BCUT2D eigenvalue weighted by atomic mass is 9.87. The average Bonchev–Trinajstić information content (AvgIpc) is 3.05. The third-order valence-corrected chi connectivity index (χ3v) is 6.81. The largest absolute Gasteiger partial charge is 0.337 e. The van der Waals surface area contributed by atoms with Crippen molar-refractivity contribution in [2.45, 2.75) is 51.9 Å². The van der Waals surface area contributed by atoms with Crippen LogP contribution in [0.5, 0.6) is 0 Å². The highest BCUT2D eigenvalue weighted by Crippen LogP contribution is 2.30. The molecule has 2 heterocycles. The number of rotatable bonds is 3. The molecule has 1 aliphatic heterocycles. The maximum atomic E-state index is 15.4. The molecule has 1 aromatic heterocycles. The zero-order valence-electron chi connectivity index (χ0n) is 19.9. The molecule has 1 amide bonds. The van der Waals surface area contributed by atoms with Gasteiger partial charge in [0.2, 0.25) is 0 Å². The molecule has 0 saturated carbocycles. The number of halogens is 1. The fraction of sp³-hybridized carbons (Fsp3) is 0.370. The number of likely N-dealkylation sites (tertiary alicyclic amines) is 1. The molecule has 1 saturated heterocycles. The Balaban J connectivity index is 1.83. The smallest absolute Gasteiger partial charge is 0.274 e. The molecule has 0 spiro atoms. The van der Waals surface area contributed by atoms with Crippen LogP contribution in [0, 0.1) is 17.1 Å². The van der Waals surface area contributed by atoms with Gasteiger partial charge in [0, 0.05) is 18.7 Å². The van der Waals surface area contributed by atoms with Crippen molar-refractivity contribution < 1.29 is 9.18 Å². The lowest BCUT2D eigenvalue weighted by Gasteiger charge is -2.20. The van der Waals surface area contributed by atoms with Crippen LogP contribution < -0.4 is 5.30 Å². The van der Waals surface area contributed by atoms with Crippen LogP contribution in [0.15, 0.2) is 42.5 Å². The molecular formula is C27H30FN4OP. The molecule has 0 radical (unpaired) electrons. The van der Waals surface area contributed by atoms with Gasteiger partial charge in [-0.3, -0.25) is 4.79 Å². The molecule has 7 heteroatoms. The number of carbonyl (C=O) groups excluding carboxylic acids is 1. The normalized spacial score (nSPS) is 14.5. The Hall–Kier alpha value is -3.03. The summed E-state index contributed by atoms with van der Waals surface area (Å²) in [4.78, 5) is 15.2. The fourth-order valence-corrected chi connectivity index (χ4v) is 4.62. The molecule has 1 fully saturated rings. The molecule has 1 atom stereocenters. The fourth-order valence-electron chi connectivity index (χ4n) is 4.28. The zero-order valence-corrected chi connectivity index (χ0v) is 21.1. The Bertz CT molecular complexity index is 1260. The Morgan fingerprint density at radius 2 is 1.76 bits per heavy atom. The molecule has 1 aliphatic rings. The lowest BCUT2D eigenvalue weighted by Crippen LogP contribution is -2.32. The topological polar surface area (TPSA) is 61.9 Å². The van der Waals surface area contributed by atoms with Crippen molar-refractivity contribution >= 4 is 20.5 Å². The first-order valence-corrected chi connectivity index (χ1v) is 12.3. The van der Waals surface area contributed by atoms with E-state index in [2.05, 4.69) is 20.4 Å². The number of hydrogen-bond donors (Lipinski definition) is 0. The molecule has 0 bridgehead atoms. The van der Waals surface area contributed by atoms with Crippen LogP contribution in [0.1, 0.15) is 68.1 Å². The number of aromatic nitrogens is 2. The number of amides is 1. The van der Waals surface area contributed by atoms with E-state index in [4.69, 9.17) is 0 Å². The predicted octanol–water partition coefficient (Wildman–Crippen LogP) is 5.36. The van der Waals surface area contributed by atoms with Gasteiger partial charge < -0.3 is 4.90 Å². The van der Waals surface area contributed by atoms with Crippen molar-refractivity contribution in [3.05, 3.63) is 65.1 Å². The molecule has 4 rings (SSSR count). The first-order chi connectivity index (χ1) is 16.2. The van der Waals surface area contributed by atoms with E-state index < -0.39 is 5.82 Å². The Morgan fingerprint density at radius 1 is 1.06 bits per heavy atom. The molecule has 3 aromatic rings. The number of hydrogen-bond acceptors (Lipinski definition) is 3. The third-order valence-electron chi connectivity index (χ3n) is 6.33. The number of benzene rings is 2. The van der Waals surface area contributed by atoms with Crippen molar-refractivity contribution in [1.82, 2.24) is 14.7 Å². The Labute approximate surface area is 202 Å². The molecule has 0 N–H and O–H groups in total. The van der Waals surface area contributed by atoms with Gasteiger partial charge in [0.1, 0.15) is 11.5 Å². The van der Waals surface area contributed by atoms with E-state index in [9.17, 15) is 10.1 Å². The lowest BCUT2D eigenvalue weighted by molar-refractivity contribution is 0.0755. The maximum Gasteiger partial charge on any atom is 0.274 e. The summed E-state index contributed by atoms with van der Waals surface area (Å²) < 4.78 is 16.9. The van der Waals surface area contributed by atoms with Gasteiger partial charge in [0.15, 0.2) is 5.69 Å². The summed E-state index contributed by atoms with van der Waals surface area (Å²) in [5.41, 5.74) is 3.18. The average molecular weight is 477 g/mol. The summed E-state index contributed by atoms with van der Waals surface area (Å²) in [6.07, 6.45) is 4.20. The van der Waals surface area contributed by atoms with Gasteiger partial charge >= 0.3 is 0 Å².